The first-order valence-electron chi connectivity index (χ1n) is 4.96. The molecule has 0 heterocycles. The van der Waals surface area contributed by atoms with Gasteiger partial charge in [0.1, 0.15) is 16.7 Å². The van der Waals surface area contributed by atoms with Gasteiger partial charge in [-0.2, -0.15) is 0 Å². The third-order valence-corrected chi connectivity index (χ3v) is 4.23. The zero-order valence-corrected chi connectivity index (χ0v) is 13.0. The first kappa shape index (κ1) is 16.2. The van der Waals surface area contributed by atoms with Gasteiger partial charge in [0.25, 0.3) is 0 Å². The monoisotopic (exact) mass is 347 g/mol. The van der Waals surface area contributed by atoms with E-state index in [9.17, 15) is 0 Å². The molecule has 0 aromatic heterocycles. The largest absolute Gasteiger partial charge is 0.489 e. The summed E-state index contributed by atoms with van der Waals surface area (Å²) in [6.45, 7) is 5.24. The van der Waals surface area contributed by atoms with Crippen LogP contribution < -0.4 is 10.1 Å². The van der Waals surface area contributed by atoms with Gasteiger partial charge in [-0.25, -0.2) is 0 Å². The molecule has 0 unspecified atom stereocenters. The highest BCUT2D eigenvalue weighted by molar-refractivity contribution is 6.55. The highest BCUT2D eigenvalue weighted by Crippen LogP contribution is 2.48. The zero-order valence-electron chi connectivity index (χ0n) is 9.20. The van der Waals surface area contributed by atoms with Crippen LogP contribution >= 0.6 is 58.0 Å². The maximum absolute atomic E-state index is 5.99. The number of ether oxygens (including phenoxy) is 1. The van der Waals surface area contributed by atoms with Crippen LogP contribution in [0.2, 0.25) is 25.1 Å². The van der Waals surface area contributed by atoms with Crippen molar-refractivity contribution in [3.8, 4) is 5.75 Å². The number of benzene rings is 1. The Morgan fingerprint density at radius 3 is 1.94 bits per heavy atom. The highest BCUT2D eigenvalue weighted by atomic mass is 35.5. The van der Waals surface area contributed by atoms with E-state index in [0.29, 0.717) is 19.7 Å². The van der Waals surface area contributed by atoms with Crippen molar-refractivity contribution in [1.82, 2.24) is 5.32 Å². The van der Waals surface area contributed by atoms with Crippen molar-refractivity contribution in [2.24, 2.45) is 0 Å². The highest BCUT2D eigenvalue weighted by Gasteiger charge is 2.20. The van der Waals surface area contributed by atoms with Gasteiger partial charge >= 0.3 is 0 Å². The van der Waals surface area contributed by atoms with E-state index in [2.05, 4.69) is 11.9 Å². The molecule has 0 aliphatic heterocycles. The Labute approximate surface area is 131 Å². The molecule has 0 atom stereocenters. The summed E-state index contributed by atoms with van der Waals surface area (Å²) in [5.41, 5.74) is 0. The molecule has 2 nitrogen and oxygen atoms in total. The summed E-state index contributed by atoms with van der Waals surface area (Å²) in [6.07, 6.45) is 1.75. The molecule has 0 spiro atoms. The van der Waals surface area contributed by atoms with Crippen LogP contribution in [0.1, 0.15) is 0 Å². The first-order valence-corrected chi connectivity index (χ1v) is 6.85. The molecule has 0 saturated carbocycles. The molecule has 0 radical (unpaired) electrons. The van der Waals surface area contributed by atoms with Crippen molar-refractivity contribution in [3.63, 3.8) is 0 Å². The molecular weight excluding hydrogens is 339 g/mol. The van der Waals surface area contributed by atoms with E-state index in [0.717, 1.165) is 0 Å². The van der Waals surface area contributed by atoms with Gasteiger partial charge in [0.2, 0.25) is 0 Å². The molecular formula is C11H10Cl5NO. The Hall–Kier alpha value is 0.170. The summed E-state index contributed by atoms with van der Waals surface area (Å²) < 4.78 is 5.44. The van der Waals surface area contributed by atoms with Gasteiger partial charge in [-0.15, -0.1) is 6.58 Å². The van der Waals surface area contributed by atoms with Crippen molar-refractivity contribution in [2.45, 2.75) is 0 Å². The van der Waals surface area contributed by atoms with Crippen molar-refractivity contribution >= 4 is 58.0 Å². The van der Waals surface area contributed by atoms with Gasteiger partial charge < -0.3 is 10.1 Å². The number of hydrogen-bond acceptors (Lipinski definition) is 2. The Kier molecular flexibility index (Phi) is 6.93. The lowest BCUT2D eigenvalue weighted by molar-refractivity contribution is 0.317. The molecule has 0 fully saturated rings. The Morgan fingerprint density at radius 2 is 1.44 bits per heavy atom. The molecule has 0 saturated heterocycles. The smallest absolute Gasteiger partial charge is 0.159 e. The first-order chi connectivity index (χ1) is 8.50. The van der Waals surface area contributed by atoms with Gasteiger partial charge in [0, 0.05) is 13.1 Å². The maximum Gasteiger partial charge on any atom is 0.159 e. The lowest BCUT2D eigenvalue weighted by atomic mass is 10.3. The topological polar surface area (TPSA) is 21.3 Å². The van der Waals surface area contributed by atoms with E-state index in [-0.39, 0.29) is 30.9 Å². The van der Waals surface area contributed by atoms with Crippen LogP contribution in [0.3, 0.4) is 0 Å². The summed E-state index contributed by atoms with van der Waals surface area (Å²) in [6, 6.07) is 0. The van der Waals surface area contributed by atoms with Crippen LogP contribution in [0.5, 0.6) is 5.75 Å². The lowest BCUT2D eigenvalue weighted by Crippen LogP contribution is -2.21. The van der Waals surface area contributed by atoms with Crippen LogP contribution in [-0.4, -0.2) is 19.7 Å². The predicted molar refractivity (Wildman–Crippen MR) is 80.1 cm³/mol. The van der Waals surface area contributed by atoms with Gasteiger partial charge in [-0.3, -0.25) is 0 Å². The van der Waals surface area contributed by atoms with Crippen LogP contribution in [-0.2, 0) is 0 Å². The quantitative estimate of drug-likeness (QED) is 0.334. The van der Waals surface area contributed by atoms with Crippen LogP contribution in [0.4, 0.5) is 0 Å². The molecule has 1 rings (SSSR count). The minimum atomic E-state index is 0.116. The molecule has 0 amide bonds. The Balaban J connectivity index is 2.80. The maximum atomic E-state index is 5.99. The van der Waals surface area contributed by atoms with E-state index < -0.39 is 0 Å². The molecule has 18 heavy (non-hydrogen) atoms. The van der Waals surface area contributed by atoms with E-state index in [1.807, 2.05) is 0 Å². The van der Waals surface area contributed by atoms with Gasteiger partial charge in [-0.1, -0.05) is 64.1 Å². The van der Waals surface area contributed by atoms with Crippen molar-refractivity contribution < 1.29 is 4.74 Å². The third kappa shape index (κ3) is 3.83. The predicted octanol–water partition coefficient (Wildman–Crippen LogP) is 5.11. The standard InChI is InChI=1S/C11H10Cl5NO/c1-2-3-17-4-5-18-11-9(15)7(13)6(12)8(14)10(11)16/h2,17H,1,3-5H2. The molecule has 1 aromatic carbocycles. The second-order valence-corrected chi connectivity index (χ2v) is 5.13. The minimum Gasteiger partial charge on any atom is -0.489 e. The fourth-order valence-electron chi connectivity index (χ4n) is 1.14. The number of rotatable bonds is 6. The molecule has 0 aliphatic carbocycles. The summed E-state index contributed by atoms with van der Waals surface area (Å²) in [5.74, 6) is 0.234. The van der Waals surface area contributed by atoms with Gasteiger partial charge in [0.15, 0.2) is 5.75 Å². The van der Waals surface area contributed by atoms with E-state index in [1.165, 1.54) is 0 Å². The van der Waals surface area contributed by atoms with Crippen molar-refractivity contribution in [2.75, 3.05) is 19.7 Å². The normalized spacial score (nSPS) is 10.5. The molecule has 0 aliphatic rings. The molecule has 100 valence electrons. The summed E-state index contributed by atoms with van der Waals surface area (Å²) in [5, 5.41) is 3.74. The zero-order chi connectivity index (χ0) is 13.7. The SMILES string of the molecule is C=CCNCCOc1c(Cl)c(Cl)c(Cl)c(Cl)c1Cl. The Bertz CT molecular complexity index is 421. The fraction of sp³-hybridized carbons (Fsp3) is 0.273. The van der Waals surface area contributed by atoms with E-state index in [4.69, 9.17) is 62.7 Å². The lowest BCUT2D eigenvalue weighted by Gasteiger charge is -2.13. The molecule has 1 aromatic rings. The molecule has 0 bridgehead atoms. The number of hydrogen-bond donors (Lipinski definition) is 1. The van der Waals surface area contributed by atoms with Gasteiger partial charge in [-0.05, 0) is 0 Å². The number of nitrogens with one attached hydrogen (secondary N) is 1. The molecule has 7 heteroatoms. The third-order valence-electron chi connectivity index (χ3n) is 1.98. The van der Waals surface area contributed by atoms with Crippen LogP contribution in [0, 0.1) is 0 Å². The van der Waals surface area contributed by atoms with Crippen LogP contribution in [0.25, 0.3) is 0 Å². The number of halogens is 5. The average molecular weight is 349 g/mol. The van der Waals surface area contributed by atoms with Crippen molar-refractivity contribution in [1.29, 1.82) is 0 Å². The van der Waals surface area contributed by atoms with Crippen molar-refractivity contribution in [3.05, 3.63) is 37.8 Å². The summed E-state index contributed by atoms with van der Waals surface area (Å²) in [7, 11) is 0. The van der Waals surface area contributed by atoms with E-state index in [1.54, 1.807) is 6.08 Å². The van der Waals surface area contributed by atoms with Gasteiger partial charge in [0.05, 0.1) is 15.1 Å². The van der Waals surface area contributed by atoms with Crippen LogP contribution in [0.15, 0.2) is 12.7 Å². The Morgan fingerprint density at radius 1 is 0.944 bits per heavy atom. The van der Waals surface area contributed by atoms with E-state index >= 15 is 0 Å². The fourth-order valence-corrected chi connectivity index (χ4v) is 2.37. The summed E-state index contributed by atoms with van der Waals surface area (Å²) >= 11 is 29.7. The second kappa shape index (κ2) is 7.68. The average Bonchev–Trinajstić information content (AvgIpc) is 2.37. The minimum absolute atomic E-state index is 0.116. The summed E-state index contributed by atoms with van der Waals surface area (Å²) in [4.78, 5) is 0. The molecule has 1 N–H and O–H groups in total. The second-order valence-electron chi connectivity index (χ2n) is 3.24.